The van der Waals surface area contributed by atoms with Crippen molar-refractivity contribution in [3.8, 4) is 34.1 Å². The van der Waals surface area contributed by atoms with E-state index in [0.29, 0.717) is 52.0 Å². The number of para-hydroxylation sites is 1. The average Bonchev–Trinajstić information content (AvgIpc) is 3.04. The standard InChI is InChI=1S/C36H33FN2O5/c1-24-34(29-15-8-9-16-31(29)44-23-26-11-6-5-7-12-26)30(18-17-25-13-10-14-28(37)19-25)36(40)39(38-24)22-27-20-32(41-2)35(43-4)33(21-27)42-3/h5-21H,22-23H2,1-4H3/b18-17+. The second kappa shape index (κ2) is 13.7. The van der Waals surface area contributed by atoms with Gasteiger partial charge >= 0.3 is 0 Å². The summed E-state index contributed by atoms with van der Waals surface area (Å²) < 4.78 is 38.1. The number of hydrogen-bond donors (Lipinski definition) is 0. The molecule has 0 saturated heterocycles. The monoisotopic (exact) mass is 592 g/mol. The number of ether oxygens (including phenoxy) is 4. The molecule has 44 heavy (non-hydrogen) atoms. The summed E-state index contributed by atoms with van der Waals surface area (Å²) in [6, 6.07) is 27.2. The molecule has 0 aliphatic heterocycles. The van der Waals surface area contributed by atoms with Crippen LogP contribution in [0, 0.1) is 12.7 Å². The number of benzene rings is 4. The number of methoxy groups -OCH3 is 3. The van der Waals surface area contributed by atoms with Crippen LogP contribution in [0.25, 0.3) is 23.3 Å². The fourth-order valence-electron chi connectivity index (χ4n) is 5.04. The highest BCUT2D eigenvalue weighted by Crippen LogP contribution is 2.39. The first-order valence-corrected chi connectivity index (χ1v) is 14.0. The lowest BCUT2D eigenvalue weighted by Gasteiger charge is -2.18. The molecule has 5 aromatic rings. The molecule has 0 unspecified atom stereocenters. The van der Waals surface area contributed by atoms with Gasteiger partial charge < -0.3 is 18.9 Å². The minimum Gasteiger partial charge on any atom is -0.493 e. The summed E-state index contributed by atoms with van der Waals surface area (Å²) in [5.41, 5.74) is 4.41. The normalized spacial score (nSPS) is 11.0. The zero-order chi connectivity index (χ0) is 31.1. The molecule has 0 atom stereocenters. The maximum absolute atomic E-state index is 14.2. The summed E-state index contributed by atoms with van der Waals surface area (Å²) in [4.78, 5) is 14.2. The maximum Gasteiger partial charge on any atom is 0.274 e. The van der Waals surface area contributed by atoms with Crippen molar-refractivity contribution in [1.82, 2.24) is 9.78 Å². The summed E-state index contributed by atoms with van der Waals surface area (Å²) in [7, 11) is 4.61. The number of aromatic nitrogens is 2. The summed E-state index contributed by atoms with van der Waals surface area (Å²) in [6.07, 6.45) is 3.43. The molecular weight excluding hydrogens is 559 g/mol. The average molecular weight is 593 g/mol. The van der Waals surface area contributed by atoms with Gasteiger partial charge in [0.15, 0.2) is 11.5 Å². The molecule has 0 spiro atoms. The zero-order valence-electron chi connectivity index (χ0n) is 25.0. The molecule has 4 aromatic carbocycles. The maximum atomic E-state index is 14.2. The Labute approximate surface area is 255 Å². The van der Waals surface area contributed by atoms with Gasteiger partial charge in [-0.2, -0.15) is 5.10 Å². The lowest BCUT2D eigenvalue weighted by atomic mass is 9.97. The van der Waals surface area contributed by atoms with Crippen LogP contribution < -0.4 is 24.5 Å². The SMILES string of the molecule is COc1cc(Cn2nc(C)c(-c3ccccc3OCc3ccccc3)c(/C=C/c3cccc(F)c3)c2=O)cc(OC)c1OC. The van der Waals surface area contributed by atoms with Gasteiger partial charge in [0.1, 0.15) is 18.2 Å². The summed E-state index contributed by atoms with van der Waals surface area (Å²) >= 11 is 0. The Morgan fingerprint density at radius 3 is 2.16 bits per heavy atom. The van der Waals surface area contributed by atoms with Crippen molar-refractivity contribution in [3.05, 3.63) is 135 Å². The minimum atomic E-state index is -0.363. The highest BCUT2D eigenvalue weighted by atomic mass is 19.1. The van der Waals surface area contributed by atoms with Gasteiger partial charge in [0.25, 0.3) is 5.56 Å². The Balaban J connectivity index is 1.63. The predicted molar refractivity (Wildman–Crippen MR) is 170 cm³/mol. The van der Waals surface area contributed by atoms with Crippen LogP contribution in [0.2, 0.25) is 0 Å². The number of aryl methyl sites for hydroxylation is 1. The van der Waals surface area contributed by atoms with Crippen LogP contribution in [0.1, 0.15) is 27.9 Å². The van der Waals surface area contributed by atoms with E-state index in [0.717, 1.165) is 16.7 Å². The van der Waals surface area contributed by atoms with E-state index in [1.807, 2.05) is 61.5 Å². The van der Waals surface area contributed by atoms with Crippen molar-refractivity contribution in [1.29, 1.82) is 0 Å². The van der Waals surface area contributed by atoms with Gasteiger partial charge in [0, 0.05) is 11.1 Å². The van der Waals surface area contributed by atoms with Crippen LogP contribution >= 0.6 is 0 Å². The van der Waals surface area contributed by atoms with Gasteiger partial charge in [-0.3, -0.25) is 4.79 Å². The number of nitrogens with zero attached hydrogens (tertiary/aromatic N) is 2. The first kappa shape index (κ1) is 30.1. The van der Waals surface area contributed by atoms with Crippen molar-refractivity contribution < 1.29 is 23.3 Å². The highest BCUT2D eigenvalue weighted by Gasteiger charge is 2.20. The topological polar surface area (TPSA) is 71.8 Å². The molecule has 224 valence electrons. The van der Waals surface area contributed by atoms with Gasteiger partial charge in [-0.1, -0.05) is 66.7 Å². The molecule has 0 bridgehead atoms. The fraction of sp³-hybridized carbons (Fsp3) is 0.167. The third-order valence-corrected chi connectivity index (χ3v) is 7.11. The quantitative estimate of drug-likeness (QED) is 0.162. The van der Waals surface area contributed by atoms with Crippen molar-refractivity contribution in [2.75, 3.05) is 21.3 Å². The van der Waals surface area contributed by atoms with Gasteiger partial charge in [-0.05, 0) is 60.0 Å². The van der Waals surface area contributed by atoms with E-state index < -0.39 is 0 Å². The molecule has 0 amide bonds. The molecule has 1 aromatic heterocycles. The fourth-order valence-corrected chi connectivity index (χ4v) is 5.04. The zero-order valence-corrected chi connectivity index (χ0v) is 25.0. The molecule has 0 aliphatic carbocycles. The Bertz CT molecular complexity index is 1830. The summed E-state index contributed by atoms with van der Waals surface area (Å²) in [6.45, 7) is 2.36. The Kier molecular flexibility index (Phi) is 9.40. The second-order valence-electron chi connectivity index (χ2n) is 10.0. The molecular formula is C36H33FN2O5. The van der Waals surface area contributed by atoms with Gasteiger partial charge in [-0.15, -0.1) is 0 Å². The summed E-state index contributed by atoms with van der Waals surface area (Å²) in [5.74, 6) is 1.65. The van der Waals surface area contributed by atoms with E-state index in [2.05, 4.69) is 0 Å². The Morgan fingerprint density at radius 2 is 1.48 bits per heavy atom. The molecule has 0 aliphatic rings. The highest BCUT2D eigenvalue weighted by molar-refractivity contribution is 5.84. The van der Waals surface area contributed by atoms with E-state index in [4.69, 9.17) is 24.0 Å². The lowest BCUT2D eigenvalue weighted by molar-refractivity contribution is 0.307. The van der Waals surface area contributed by atoms with Gasteiger partial charge in [0.2, 0.25) is 5.75 Å². The van der Waals surface area contributed by atoms with Crippen LogP contribution in [-0.2, 0) is 13.2 Å². The predicted octanol–water partition coefficient (Wildman–Crippen LogP) is 7.18. The second-order valence-corrected chi connectivity index (χ2v) is 10.0. The van der Waals surface area contributed by atoms with Crippen molar-refractivity contribution in [2.24, 2.45) is 0 Å². The Morgan fingerprint density at radius 1 is 0.773 bits per heavy atom. The van der Waals surface area contributed by atoms with Gasteiger partial charge in [-0.25, -0.2) is 9.07 Å². The third kappa shape index (κ3) is 6.65. The van der Waals surface area contributed by atoms with E-state index in [1.54, 1.807) is 36.4 Å². The smallest absolute Gasteiger partial charge is 0.274 e. The van der Waals surface area contributed by atoms with Crippen LogP contribution in [-0.4, -0.2) is 31.1 Å². The van der Waals surface area contributed by atoms with Crippen molar-refractivity contribution in [2.45, 2.75) is 20.1 Å². The number of hydrogen-bond acceptors (Lipinski definition) is 6. The van der Waals surface area contributed by atoms with E-state index in [1.165, 1.54) is 38.1 Å². The molecule has 0 fully saturated rings. The molecule has 0 radical (unpaired) electrons. The molecule has 7 nitrogen and oxygen atoms in total. The molecule has 8 heteroatoms. The van der Waals surface area contributed by atoms with E-state index in [9.17, 15) is 9.18 Å². The van der Waals surface area contributed by atoms with Crippen molar-refractivity contribution in [3.63, 3.8) is 0 Å². The van der Waals surface area contributed by atoms with Gasteiger partial charge in [0.05, 0.1) is 39.1 Å². The Hall–Kier alpha value is -5.37. The first-order valence-electron chi connectivity index (χ1n) is 14.0. The minimum absolute atomic E-state index is 0.142. The van der Waals surface area contributed by atoms with Crippen molar-refractivity contribution >= 4 is 12.2 Å². The van der Waals surface area contributed by atoms with Crippen LogP contribution in [0.5, 0.6) is 23.0 Å². The molecule has 5 rings (SSSR count). The molecule has 0 N–H and O–H groups in total. The lowest BCUT2D eigenvalue weighted by Crippen LogP contribution is -2.27. The molecule has 0 saturated carbocycles. The number of halogens is 1. The molecule has 1 heterocycles. The van der Waals surface area contributed by atoms with E-state index >= 15 is 0 Å². The van der Waals surface area contributed by atoms with E-state index in [-0.39, 0.29) is 17.9 Å². The third-order valence-electron chi connectivity index (χ3n) is 7.11. The number of rotatable bonds is 11. The summed E-state index contributed by atoms with van der Waals surface area (Å²) in [5, 5.41) is 4.73. The van der Waals surface area contributed by atoms with Crippen LogP contribution in [0.15, 0.2) is 95.8 Å². The van der Waals surface area contributed by atoms with Crippen LogP contribution in [0.4, 0.5) is 4.39 Å². The first-order chi connectivity index (χ1) is 21.4. The largest absolute Gasteiger partial charge is 0.493 e. The van der Waals surface area contributed by atoms with Crippen LogP contribution in [0.3, 0.4) is 0 Å².